The Hall–Kier alpha value is -0.880. The van der Waals surface area contributed by atoms with E-state index in [-0.39, 0.29) is 10.9 Å². The predicted molar refractivity (Wildman–Crippen MR) is 74.5 cm³/mol. The van der Waals surface area contributed by atoms with E-state index in [9.17, 15) is 8.42 Å². The lowest BCUT2D eigenvalue weighted by Gasteiger charge is -2.12. The fourth-order valence-corrected chi connectivity index (χ4v) is 3.86. The third-order valence-electron chi connectivity index (χ3n) is 2.41. The molecule has 6 heteroatoms. The van der Waals surface area contributed by atoms with Crippen LogP contribution in [0, 0.1) is 0 Å². The second-order valence-corrected chi connectivity index (χ2v) is 6.95. The van der Waals surface area contributed by atoms with Crippen LogP contribution in [0.2, 0.25) is 5.02 Å². The van der Waals surface area contributed by atoms with Gasteiger partial charge in [0.25, 0.3) is 0 Å². The molecule has 0 aliphatic heterocycles. The summed E-state index contributed by atoms with van der Waals surface area (Å²) in [4.78, 5) is 1.15. The summed E-state index contributed by atoms with van der Waals surface area (Å²) in [7, 11) is -3.54. The molecule has 1 N–H and O–H groups in total. The van der Waals surface area contributed by atoms with Gasteiger partial charge < -0.3 is 0 Å². The van der Waals surface area contributed by atoms with Gasteiger partial charge in [-0.3, -0.25) is 0 Å². The highest BCUT2D eigenvalue weighted by Crippen LogP contribution is 2.22. The van der Waals surface area contributed by atoms with E-state index in [1.54, 1.807) is 12.1 Å². The summed E-state index contributed by atoms with van der Waals surface area (Å²) in [6, 6.07) is 9.75. The van der Waals surface area contributed by atoms with Gasteiger partial charge >= 0.3 is 0 Å². The number of hydrogen-bond donors (Lipinski definition) is 1. The van der Waals surface area contributed by atoms with Crippen molar-refractivity contribution in [2.24, 2.45) is 0 Å². The van der Waals surface area contributed by atoms with E-state index >= 15 is 0 Å². The van der Waals surface area contributed by atoms with Crippen molar-refractivity contribution in [3.63, 3.8) is 0 Å². The second kappa shape index (κ2) is 5.40. The first-order valence-corrected chi connectivity index (χ1v) is 8.04. The first kappa shape index (κ1) is 13.5. The van der Waals surface area contributed by atoms with E-state index in [1.807, 2.05) is 24.4 Å². The second-order valence-electron chi connectivity index (χ2n) is 3.82. The van der Waals surface area contributed by atoms with Gasteiger partial charge in [-0.1, -0.05) is 23.7 Å². The van der Waals surface area contributed by atoms with Crippen molar-refractivity contribution in [3.05, 3.63) is 51.7 Å². The Morgan fingerprint density at radius 2 is 2.06 bits per heavy atom. The zero-order valence-corrected chi connectivity index (χ0v) is 12.0. The van der Waals surface area contributed by atoms with Crippen LogP contribution in [0.5, 0.6) is 0 Å². The average molecular weight is 302 g/mol. The summed E-state index contributed by atoms with van der Waals surface area (Å²) >= 11 is 7.31. The highest BCUT2D eigenvalue weighted by atomic mass is 35.5. The third-order valence-corrected chi connectivity index (χ3v) is 5.24. The van der Waals surface area contributed by atoms with Gasteiger partial charge in [0, 0.05) is 9.90 Å². The van der Waals surface area contributed by atoms with E-state index in [4.69, 9.17) is 11.6 Å². The number of sulfonamides is 1. The molecular formula is C12H12ClNO2S2. The Labute approximate surface area is 115 Å². The third kappa shape index (κ3) is 3.11. The van der Waals surface area contributed by atoms with E-state index in [2.05, 4.69) is 4.72 Å². The summed E-state index contributed by atoms with van der Waals surface area (Å²) in [5.41, 5.74) is 0. The Morgan fingerprint density at radius 3 is 2.67 bits per heavy atom. The number of halogens is 1. The first-order valence-electron chi connectivity index (χ1n) is 5.30. The maximum atomic E-state index is 12.1. The molecule has 0 fully saturated rings. The fourth-order valence-electron chi connectivity index (χ4n) is 1.53. The van der Waals surface area contributed by atoms with Crippen LogP contribution in [-0.2, 0) is 10.0 Å². The summed E-state index contributed by atoms with van der Waals surface area (Å²) in [5.74, 6) is 0. The standard InChI is InChI=1S/C12H12ClNO2S2/c1-9(12-6-3-7-17-12)14-18(15,16)11-5-2-4-10(13)8-11/h2-9,14H,1H3/t9-/m1/s1. The molecule has 0 saturated carbocycles. The minimum Gasteiger partial charge on any atom is -0.207 e. The predicted octanol–water partition coefficient (Wildman–Crippen LogP) is 3.44. The first-order chi connectivity index (χ1) is 8.49. The SMILES string of the molecule is C[C@@H](NS(=O)(=O)c1cccc(Cl)c1)c1cccs1. The largest absolute Gasteiger partial charge is 0.241 e. The van der Waals surface area contributed by atoms with E-state index in [0.717, 1.165) is 4.88 Å². The van der Waals surface area contributed by atoms with Gasteiger partial charge in [0.05, 0.1) is 10.9 Å². The molecule has 0 bridgehead atoms. The maximum absolute atomic E-state index is 12.1. The molecule has 0 aliphatic rings. The lowest BCUT2D eigenvalue weighted by Crippen LogP contribution is -2.26. The molecule has 1 aromatic carbocycles. The van der Waals surface area contributed by atoms with Crippen LogP contribution < -0.4 is 4.72 Å². The monoisotopic (exact) mass is 301 g/mol. The van der Waals surface area contributed by atoms with E-state index in [1.165, 1.54) is 23.5 Å². The molecule has 1 aromatic heterocycles. The van der Waals surface area contributed by atoms with E-state index < -0.39 is 10.0 Å². The van der Waals surface area contributed by atoms with Gasteiger partial charge in [-0.15, -0.1) is 11.3 Å². The van der Waals surface area contributed by atoms with Gasteiger partial charge in [-0.05, 0) is 36.6 Å². The minimum atomic E-state index is -3.54. The molecule has 0 saturated heterocycles. The molecule has 0 aliphatic carbocycles. The molecule has 0 unspecified atom stereocenters. The number of hydrogen-bond acceptors (Lipinski definition) is 3. The summed E-state index contributed by atoms with van der Waals surface area (Å²) in [6.45, 7) is 1.81. The van der Waals surface area contributed by atoms with Gasteiger partial charge in [0.2, 0.25) is 10.0 Å². The molecule has 2 rings (SSSR count). The van der Waals surface area contributed by atoms with Crippen molar-refractivity contribution in [1.29, 1.82) is 0 Å². The fraction of sp³-hybridized carbons (Fsp3) is 0.167. The van der Waals surface area contributed by atoms with Crippen molar-refractivity contribution in [1.82, 2.24) is 4.72 Å². The van der Waals surface area contributed by atoms with Crippen LogP contribution in [0.1, 0.15) is 17.8 Å². The molecule has 1 atom stereocenters. The van der Waals surface area contributed by atoms with Gasteiger partial charge in [0.1, 0.15) is 0 Å². The zero-order valence-electron chi connectivity index (χ0n) is 9.63. The highest BCUT2D eigenvalue weighted by Gasteiger charge is 2.18. The zero-order chi connectivity index (χ0) is 13.2. The maximum Gasteiger partial charge on any atom is 0.241 e. The van der Waals surface area contributed by atoms with Crippen molar-refractivity contribution in [3.8, 4) is 0 Å². The molecule has 1 heterocycles. The van der Waals surface area contributed by atoms with Crippen LogP contribution in [0.4, 0.5) is 0 Å². The Kier molecular flexibility index (Phi) is 4.07. The molecule has 0 radical (unpaired) electrons. The number of thiophene rings is 1. The van der Waals surface area contributed by atoms with Crippen LogP contribution in [-0.4, -0.2) is 8.42 Å². The van der Waals surface area contributed by atoms with Crippen molar-refractivity contribution in [2.75, 3.05) is 0 Å². The highest BCUT2D eigenvalue weighted by molar-refractivity contribution is 7.89. The topological polar surface area (TPSA) is 46.2 Å². The minimum absolute atomic E-state index is 0.179. The Bertz CT molecular complexity index is 623. The van der Waals surface area contributed by atoms with Crippen molar-refractivity contribution >= 4 is 33.0 Å². The molecule has 96 valence electrons. The Morgan fingerprint density at radius 1 is 1.28 bits per heavy atom. The number of benzene rings is 1. The van der Waals surface area contributed by atoms with Crippen LogP contribution >= 0.6 is 22.9 Å². The molecular weight excluding hydrogens is 290 g/mol. The summed E-state index contributed by atoms with van der Waals surface area (Å²) in [5, 5.41) is 2.32. The van der Waals surface area contributed by atoms with Gasteiger partial charge in [0.15, 0.2) is 0 Å². The smallest absolute Gasteiger partial charge is 0.207 e. The molecule has 3 nitrogen and oxygen atoms in total. The molecule has 0 amide bonds. The van der Waals surface area contributed by atoms with Gasteiger partial charge in [-0.25, -0.2) is 13.1 Å². The van der Waals surface area contributed by atoms with Crippen molar-refractivity contribution < 1.29 is 8.42 Å². The van der Waals surface area contributed by atoms with E-state index in [0.29, 0.717) is 5.02 Å². The lowest BCUT2D eigenvalue weighted by atomic mass is 10.3. The normalized spacial score (nSPS) is 13.4. The summed E-state index contributed by atoms with van der Waals surface area (Å²) < 4.78 is 26.9. The number of rotatable bonds is 4. The quantitative estimate of drug-likeness (QED) is 0.940. The van der Waals surface area contributed by atoms with Crippen LogP contribution in [0.3, 0.4) is 0 Å². The number of nitrogens with one attached hydrogen (secondary N) is 1. The lowest BCUT2D eigenvalue weighted by molar-refractivity contribution is 0.568. The van der Waals surface area contributed by atoms with Crippen LogP contribution in [0.25, 0.3) is 0 Å². The van der Waals surface area contributed by atoms with Crippen molar-refractivity contribution in [2.45, 2.75) is 17.9 Å². The van der Waals surface area contributed by atoms with Gasteiger partial charge in [-0.2, -0.15) is 0 Å². The average Bonchev–Trinajstić information content (AvgIpc) is 2.82. The molecule has 18 heavy (non-hydrogen) atoms. The van der Waals surface area contributed by atoms with Crippen LogP contribution in [0.15, 0.2) is 46.7 Å². The Balaban J connectivity index is 2.22. The molecule has 0 spiro atoms. The molecule has 2 aromatic rings. The summed E-state index contributed by atoms with van der Waals surface area (Å²) in [6.07, 6.45) is 0.